The van der Waals surface area contributed by atoms with E-state index in [1.54, 1.807) is 0 Å². The van der Waals surface area contributed by atoms with Crippen LogP contribution in [-0.2, 0) is 19.4 Å². The molecule has 1 aliphatic rings. The van der Waals surface area contributed by atoms with Crippen molar-refractivity contribution in [3.05, 3.63) is 17.5 Å². The molecular formula is C15H27N3. The highest BCUT2D eigenvalue weighted by atomic mass is 15.3. The zero-order valence-corrected chi connectivity index (χ0v) is 12.3. The fourth-order valence-electron chi connectivity index (χ4n) is 3.33. The van der Waals surface area contributed by atoms with Crippen LogP contribution in [0.2, 0.25) is 0 Å². The van der Waals surface area contributed by atoms with E-state index in [1.807, 2.05) is 0 Å². The Kier molecular flexibility index (Phi) is 3.54. The van der Waals surface area contributed by atoms with Gasteiger partial charge in [-0.3, -0.25) is 4.68 Å². The molecule has 1 aromatic rings. The first-order valence-corrected chi connectivity index (χ1v) is 7.22. The van der Waals surface area contributed by atoms with E-state index >= 15 is 0 Å². The van der Waals surface area contributed by atoms with E-state index in [-0.39, 0.29) is 5.54 Å². The van der Waals surface area contributed by atoms with Crippen LogP contribution in [0.25, 0.3) is 0 Å². The monoisotopic (exact) mass is 249 g/mol. The van der Waals surface area contributed by atoms with Crippen molar-refractivity contribution in [1.82, 2.24) is 9.78 Å². The van der Waals surface area contributed by atoms with E-state index < -0.39 is 0 Å². The van der Waals surface area contributed by atoms with Gasteiger partial charge in [0.25, 0.3) is 0 Å². The lowest BCUT2D eigenvalue weighted by atomic mass is 9.86. The topological polar surface area (TPSA) is 43.8 Å². The quantitative estimate of drug-likeness (QED) is 0.891. The molecule has 3 nitrogen and oxygen atoms in total. The van der Waals surface area contributed by atoms with Crippen molar-refractivity contribution < 1.29 is 0 Å². The molecule has 1 atom stereocenters. The fraction of sp³-hybridized carbons (Fsp3) is 0.800. The van der Waals surface area contributed by atoms with Gasteiger partial charge in [0.1, 0.15) is 0 Å². The van der Waals surface area contributed by atoms with Crippen molar-refractivity contribution in [3.63, 3.8) is 0 Å². The number of aromatic nitrogens is 2. The van der Waals surface area contributed by atoms with Crippen molar-refractivity contribution >= 4 is 0 Å². The first kappa shape index (κ1) is 13.6. The first-order chi connectivity index (χ1) is 8.37. The van der Waals surface area contributed by atoms with E-state index in [0.717, 1.165) is 32.2 Å². The van der Waals surface area contributed by atoms with Crippen LogP contribution < -0.4 is 5.73 Å². The molecule has 1 unspecified atom stereocenters. The second kappa shape index (κ2) is 4.69. The van der Waals surface area contributed by atoms with Gasteiger partial charge in [-0.25, -0.2) is 0 Å². The summed E-state index contributed by atoms with van der Waals surface area (Å²) in [5, 5.41) is 4.62. The molecule has 0 bridgehead atoms. The molecule has 2 rings (SSSR count). The third-order valence-corrected chi connectivity index (χ3v) is 4.24. The molecule has 0 saturated heterocycles. The number of nitrogens with zero attached hydrogens (tertiary/aromatic N) is 2. The molecule has 0 radical (unpaired) electrons. The summed E-state index contributed by atoms with van der Waals surface area (Å²) < 4.78 is 2.12. The molecule has 102 valence electrons. The van der Waals surface area contributed by atoms with E-state index in [0.29, 0.717) is 5.41 Å². The molecule has 0 spiro atoms. The Morgan fingerprint density at radius 1 is 1.33 bits per heavy atom. The second-order valence-electron chi connectivity index (χ2n) is 6.68. The van der Waals surface area contributed by atoms with Gasteiger partial charge in [-0.1, -0.05) is 20.8 Å². The molecule has 1 heterocycles. The summed E-state index contributed by atoms with van der Waals surface area (Å²) in [7, 11) is 0. The van der Waals surface area contributed by atoms with Crippen LogP contribution in [0.4, 0.5) is 0 Å². The van der Waals surface area contributed by atoms with Crippen molar-refractivity contribution in [2.24, 2.45) is 11.1 Å². The lowest BCUT2D eigenvalue weighted by molar-refractivity contribution is 0.330. The van der Waals surface area contributed by atoms with Gasteiger partial charge >= 0.3 is 0 Å². The Labute approximate surface area is 111 Å². The summed E-state index contributed by atoms with van der Waals surface area (Å²) in [5.41, 5.74) is 9.48. The SMILES string of the molecule is CCc1cc(CC2(N)CCC(C)(C)C2)n(CC)n1. The van der Waals surface area contributed by atoms with Gasteiger partial charge in [-0.2, -0.15) is 5.10 Å². The summed E-state index contributed by atoms with van der Waals surface area (Å²) in [5.74, 6) is 0. The minimum absolute atomic E-state index is 0.0263. The Morgan fingerprint density at radius 3 is 2.56 bits per heavy atom. The van der Waals surface area contributed by atoms with Crippen molar-refractivity contribution in [2.45, 2.75) is 71.9 Å². The van der Waals surface area contributed by atoms with E-state index in [2.05, 4.69) is 43.5 Å². The second-order valence-corrected chi connectivity index (χ2v) is 6.68. The van der Waals surface area contributed by atoms with Crippen LogP contribution in [0.3, 0.4) is 0 Å². The zero-order valence-electron chi connectivity index (χ0n) is 12.3. The van der Waals surface area contributed by atoms with Gasteiger partial charge in [0.05, 0.1) is 5.69 Å². The van der Waals surface area contributed by atoms with Crippen LogP contribution in [0.1, 0.15) is 58.3 Å². The van der Waals surface area contributed by atoms with Gasteiger partial charge < -0.3 is 5.73 Å². The van der Waals surface area contributed by atoms with E-state index in [4.69, 9.17) is 5.73 Å². The minimum atomic E-state index is -0.0263. The summed E-state index contributed by atoms with van der Waals surface area (Å²) in [6.07, 6.45) is 5.47. The van der Waals surface area contributed by atoms with Gasteiger partial charge in [-0.05, 0) is 44.1 Å². The standard InChI is InChI=1S/C15H27N3/c1-5-12-9-13(18(6-2)17-12)10-15(16)8-7-14(3,4)11-15/h9H,5-8,10-11,16H2,1-4H3. The van der Waals surface area contributed by atoms with Gasteiger partial charge in [0.15, 0.2) is 0 Å². The number of rotatable bonds is 4. The molecule has 3 heteroatoms. The van der Waals surface area contributed by atoms with Gasteiger partial charge in [0, 0.05) is 24.2 Å². The van der Waals surface area contributed by atoms with Crippen LogP contribution in [0, 0.1) is 5.41 Å². The van der Waals surface area contributed by atoms with Gasteiger partial charge in [-0.15, -0.1) is 0 Å². The maximum atomic E-state index is 6.60. The summed E-state index contributed by atoms with van der Waals surface area (Å²) in [4.78, 5) is 0. The smallest absolute Gasteiger partial charge is 0.0624 e. The van der Waals surface area contributed by atoms with Crippen LogP contribution in [0.15, 0.2) is 6.07 Å². The van der Waals surface area contributed by atoms with Crippen LogP contribution >= 0.6 is 0 Å². The number of hydrogen-bond donors (Lipinski definition) is 1. The largest absolute Gasteiger partial charge is 0.325 e. The van der Waals surface area contributed by atoms with Crippen molar-refractivity contribution in [1.29, 1.82) is 0 Å². The Hall–Kier alpha value is -0.830. The maximum absolute atomic E-state index is 6.60. The van der Waals surface area contributed by atoms with Crippen LogP contribution in [-0.4, -0.2) is 15.3 Å². The van der Waals surface area contributed by atoms with E-state index in [1.165, 1.54) is 17.8 Å². The highest BCUT2D eigenvalue weighted by Crippen LogP contribution is 2.43. The predicted octanol–water partition coefficient (Wildman–Crippen LogP) is 2.92. The third kappa shape index (κ3) is 2.77. The molecule has 0 aliphatic heterocycles. The molecule has 1 fully saturated rings. The highest BCUT2D eigenvalue weighted by molar-refractivity contribution is 5.15. The predicted molar refractivity (Wildman–Crippen MR) is 75.5 cm³/mol. The average molecular weight is 249 g/mol. The molecule has 1 aromatic heterocycles. The molecule has 2 N–H and O–H groups in total. The highest BCUT2D eigenvalue weighted by Gasteiger charge is 2.40. The lowest BCUT2D eigenvalue weighted by Crippen LogP contribution is -2.40. The summed E-state index contributed by atoms with van der Waals surface area (Å²) in [6, 6.07) is 2.24. The minimum Gasteiger partial charge on any atom is -0.325 e. The van der Waals surface area contributed by atoms with Crippen LogP contribution in [0.5, 0.6) is 0 Å². The van der Waals surface area contributed by atoms with Crippen molar-refractivity contribution in [3.8, 4) is 0 Å². The Bertz CT molecular complexity index is 419. The number of aryl methyl sites for hydroxylation is 2. The number of hydrogen-bond acceptors (Lipinski definition) is 2. The van der Waals surface area contributed by atoms with E-state index in [9.17, 15) is 0 Å². The summed E-state index contributed by atoms with van der Waals surface area (Å²) in [6.45, 7) is 9.90. The third-order valence-electron chi connectivity index (χ3n) is 4.24. The molecular weight excluding hydrogens is 222 g/mol. The Balaban J connectivity index is 2.16. The molecule has 0 aromatic carbocycles. The molecule has 1 saturated carbocycles. The average Bonchev–Trinajstić information content (AvgIpc) is 2.79. The van der Waals surface area contributed by atoms with Gasteiger partial charge in [0.2, 0.25) is 0 Å². The molecule has 1 aliphatic carbocycles. The number of nitrogens with two attached hydrogens (primary N) is 1. The summed E-state index contributed by atoms with van der Waals surface area (Å²) >= 11 is 0. The maximum Gasteiger partial charge on any atom is 0.0624 e. The normalized spacial score (nSPS) is 26.7. The molecule has 18 heavy (non-hydrogen) atoms. The fourth-order valence-corrected chi connectivity index (χ4v) is 3.33. The lowest BCUT2D eigenvalue weighted by Gasteiger charge is -2.26. The Morgan fingerprint density at radius 2 is 2.06 bits per heavy atom. The zero-order chi connectivity index (χ0) is 13.4. The first-order valence-electron chi connectivity index (χ1n) is 7.22. The van der Waals surface area contributed by atoms with Crippen molar-refractivity contribution in [2.75, 3.05) is 0 Å². The molecule has 0 amide bonds.